The van der Waals surface area contributed by atoms with Crippen molar-refractivity contribution < 1.29 is 4.79 Å². The van der Waals surface area contributed by atoms with E-state index in [0.717, 1.165) is 28.2 Å². The summed E-state index contributed by atoms with van der Waals surface area (Å²) >= 11 is 1.43. The second-order valence-electron chi connectivity index (χ2n) is 5.40. The minimum absolute atomic E-state index is 0.0711. The fraction of sp³-hybridized carbons (Fsp3) is 0.235. The summed E-state index contributed by atoms with van der Waals surface area (Å²) in [6.07, 6.45) is 0.311. The molecule has 0 aliphatic carbocycles. The molecule has 0 aliphatic rings. The molecule has 0 aliphatic heterocycles. The summed E-state index contributed by atoms with van der Waals surface area (Å²) in [5.41, 5.74) is 4.80. The van der Waals surface area contributed by atoms with Gasteiger partial charge in [0.1, 0.15) is 0 Å². The lowest BCUT2D eigenvalue weighted by Gasteiger charge is -2.03. The number of thiazole rings is 1. The summed E-state index contributed by atoms with van der Waals surface area (Å²) < 4.78 is 1.80. The van der Waals surface area contributed by atoms with Crippen molar-refractivity contribution in [1.82, 2.24) is 14.8 Å². The van der Waals surface area contributed by atoms with Crippen LogP contribution in [-0.4, -0.2) is 20.7 Å². The third-order valence-corrected chi connectivity index (χ3v) is 4.57. The van der Waals surface area contributed by atoms with Crippen LogP contribution in [0.25, 0.3) is 11.3 Å². The summed E-state index contributed by atoms with van der Waals surface area (Å²) in [6, 6.07) is 9.92. The first kappa shape index (κ1) is 15.4. The van der Waals surface area contributed by atoms with Gasteiger partial charge in [0.25, 0.3) is 0 Å². The molecule has 118 valence electrons. The van der Waals surface area contributed by atoms with Gasteiger partial charge in [-0.3, -0.25) is 9.48 Å². The predicted molar refractivity (Wildman–Crippen MR) is 92.6 cm³/mol. The lowest BCUT2D eigenvalue weighted by atomic mass is 10.1. The van der Waals surface area contributed by atoms with Gasteiger partial charge in [0.05, 0.1) is 17.8 Å². The molecule has 0 saturated carbocycles. The Labute approximate surface area is 139 Å². The molecule has 2 heterocycles. The fourth-order valence-electron chi connectivity index (χ4n) is 2.47. The molecule has 3 rings (SSSR count). The van der Waals surface area contributed by atoms with Crippen LogP contribution in [0.1, 0.15) is 17.0 Å². The van der Waals surface area contributed by atoms with Gasteiger partial charge in [0.15, 0.2) is 5.13 Å². The van der Waals surface area contributed by atoms with Crippen LogP contribution in [0.3, 0.4) is 0 Å². The summed E-state index contributed by atoms with van der Waals surface area (Å²) in [6.45, 7) is 3.89. The number of carbonyl (C=O) groups excluding carboxylic acids is 1. The monoisotopic (exact) mass is 326 g/mol. The van der Waals surface area contributed by atoms with Crippen molar-refractivity contribution in [1.29, 1.82) is 0 Å². The second-order valence-corrected chi connectivity index (χ2v) is 6.26. The van der Waals surface area contributed by atoms with E-state index in [2.05, 4.69) is 15.4 Å². The maximum atomic E-state index is 12.3. The number of hydrogen-bond acceptors (Lipinski definition) is 4. The van der Waals surface area contributed by atoms with Crippen LogP contribution in [0.2, 0.25) is 0 Å². The van der Waals surface area contributed by atoms with Gasteiger partial charge in [-0.25, -0.2) is 4.98 Å². The van der Waals surface area contributed by atoms with Gasteiger partial charge in [-0.1, -0.05) is 30.3 Å². The zero-order chi connectivity index (χ0) is 16.4. The second kappa shape index (κ2) is 6.34. The standard InChI is InChI=1S/C17H18N4OS/c1-11-14(12(2)21(3)20-11)9-16(22)19-17-18-15(10-23-17)13-7-5-4-6-8-13/h4-8,10H,9H2,1-3H3,(H,18,19,22). The first-order chi connectivity index (χ1) is 11.0. The SMILES string of the molecule is Cc1nn(C)c(C)c1CC(=O)Nc1nc(-c2ccccc2)cs1. The van der Waals surface area contributed by atoms with E-state index in [1.54, 1.807) is 4.68 Å². The molecule has 1 amide bonds. The van der Waals surface area contributed by atoms with Crippen molar-refractivity contribution in [3.05, 3.63) is 52.7 Å². The highest BCUT2D eigenvalue weighted by Gasteiger charge is 2.14. The smallest absolute Gasteiger partial charge is 0.230 e. The van der Waals surface area contributed by atoms with Crippen molar-refractivity contribution >= 4 is 22.4 Å². The van der Waals surface area contributed by atoms with Gasteiger partial charge in [-0.2, -0.15) is 5.10 Å². The normalized spacial score (nSPS) is 10.7. The summed E-state index contributed by atoms with van der Waals surface area (Å²) in [4.78, 5) is 16.7. The molecule has 1 aromatic carbocycles. The minimum Gasteiger partial charge on any atom is -0.302 e. The van der Waals surface area contributed by atoms with Crippen LogP contribution in [0.4, 0.5) is 5.13 Å². The van der Waals surface area contributed by atoms with E-state index in [9.17, 15) is 4.79 Å². The fourth-order valence-corrected chi connectivity index (χ4v) is 3.21. The van der Waals surface area contributed by atoms with Gasteiger partial charge < -0.3 is 5.32 Å². The molecule has 0 spiro atoms. The van der Waals surface area contributed by atoms with Crippen LogP contribution in [-0.2, 0) is 18.3 Å². The Morgan fingerprint density at radius 3 is 2.65 bits per heavy atom. The van der Waals surface area contributed by atoms with E-state index >= 15 is 0 Å². The minimum atomic E-state index is -0.0711. The number of rotatable bonds is 4. The van der Waals surface area contributed by atoms with Crippen LogP contribution >= 0.6 is 11.3 Å². The van der Waals surface area contributed by atoms with Gasteiger partial charge in [-0.05, 0) is 13.8 Å². The van der Waals surface area contributed by atoms with E-state index < -0.39 is 0 Å². The molecule has 0 bridgehead atoms. The van der Waals surface area contributed by atoms with E-state index in [-0.39, 0.29) is 5.91 Å². The molecule has 23 heavy (non-hydrogen) atoms. The Balaban J connectivity index is 1.70. The van der Waals surface area contributed by atoms with Crippen molar-refractivity contribution in [2.24, 2.45) is 7.05 Å². The molecular weight excluding hydrogens is 308 g/mol. The highest BCUT2D eigenvalue weighted by atomic mass is 32.1. The lowest BCUT2D eigenvalue weighted by Crippen LogP contribution is -2.15. The average Bonchev–Trinajstić information content (AvgIpc) is 3.09. The maximum Gasteiger partial charge on any atom is 0.230 e. The Morgan fingerprint density at radius 2 is 2.00 bits per heavy atom. The van der Waals surface area contributed by atoms with Crippen LogP contribution in [0.5, 0.6) is 0 Å². The molecule has 2 aromatic heterocycles. The molecule has 1 N–H and O–H groups in total. The Bertz CT molecular complexity index is 836. The van der Waals surface area contributed by atoms with Crippen LogP contribution in [0.15, 0.2) is 35.7 Å². The molecule has 0 atom stereocenters. The first-order valence-electron chi connectivity index (χ1n) is 7.34. The maximum absolute atomic E-state index is 12.3. The molecule has 0 radical (unpaired) electrons. The molecule has 5 nitrogen and oxygen atoms in total. The highest BCUT2D eigenvalue weighted by Crippen LogP contribution is 2.24. The van der Waals surface area contributed by atoms with E-state index in [4.69, 9.17) is 0 Å². The Morgan fingerprint density at radius 1 is 1.26 bits per heavy atom. The van der Waals surface area contributed by atoms with Gasteiger partial charge >= 0.3 is 0 Å². The zero-order valence-corrected chi connectivity index (χ0v) is 14.1. The van der Waals surface area contributed by atoms with E-state index in [1.165, 1.54) is 11.3 Å². The van der Waals surface area contributed by atoms with Crippen LogP contribution < -0.4 is 5.32 Å². The van der Waals surface area contributed by atoms with Gasteiger partial charge in [0, 0.05) is 29.2 Å². The number of hydrogen-bond donors (Lipinski definition) is 1. The Hall–Kier alpha value is -2.47. The summed E-state index contributed by atoms with van der Waals surface area (Å²) in [5, 5.41) is 9.78. The van der Waals surface area contributed by atoms with Crippen molar-refractivity contribution in [2.75, 3.05) is 5.32 Å². The highest BCUT2D eigenvalue weighted by molar-refractivity contribution is 7.14. The summed E-state index contributed by atoms with van der Waals surface area (Å²) in [7, 11) is 1.89. The molecule has 0 unspecified atom stereocenters. The third-order valence-electron chi connectivity index (χ3n) is 3.82. The predicted octanol–water partition coefficient (Wildman–Crippen LogP) is 3.34. The molecule has 0 saturated heterocycles. The number of nitrogens with zero attached hydrogens (tertiary/aromatic N) is 3. The van der Waals surface area contributed by atoms with Crippen LogP contribution in [0, 0.1) is 13.8 Å². The molecule has 6 heteroatoms. The molecule has 3 aromatic rings. The average molecular weight is 326 g/mol. The number of aryl methyl sites for hydroxylation is 2. The van der Waals surface area contributed by atoms with Crippen molar-refractivity contribution in [3.8, 4) is 11.3 Å². The van der Waals surface area contributed by atoms with Gasteiger partial charge in [-0.15, -0.1) is 11.3 Å². The van der Waals surface area contributed by atoms with E-state index in [1.807, 2.05) is 56.6 Å². The topological polar surface area (TPSA) is 59.8 Å². The van der Waals surface area contributed by atoms with E-state index in [0.29, 0.717) is 11.6 Å². The number of amides is 1. The first-order valence-corrected chi connectivity index (χ1v) is 8.22. The van der Waals surface area contributed by atoms with Crippen molar-refractivity contribution in [3.63, 3.8) is 0 Å². The zero-order valence-electron chi connectivity index (χ0n) is 13.3. The number of aromatic nitrogens is 3. The summed E-state index contributed by atoms with van der Waals surface area (Å²) in [5.74, 6) is -0.0711. The molecule has 0 fully saturated rings. The number of carbonyl (C=O) groups is 1. The number of benzene rings is 1. The molecular formula is C17H18N4OS. The third kappa shape index (κ3) is 3.32. The van der Waals surface area contributed by atoms with Crippen molar-refractivity contribution in [2.45, 2.75) is 20.3 Å². The number of anilines is 1. The largest absolute Gasteiger partial charge is 0.302 e. The van der Waals surface area contributed by atoms with Gasteiger partial charge in [0.2, 0.25) is 5.91 Å². The quantitative estimate of drug-likeness (QED) is 0.800. The lowest BCUT2D eigenvalue weighted by molar-refractivity contribution is -0.115. The Kier molecular flexibility index (Phi) is 4.25. The number of nitrogens with one attached hydrogen (secondary N) is 1.